The molecule has 1 amide bonds. The number of carbonyl (C=O) groups is 1. The van der Waals surface area contributed by atoms with E-state index in [1.54, 1.807) is 0 Å². The van der Waals surface area contributed by atoms with E-state index in [1.165, 1.54) is 5.56 Å². The molecule has 0 spiro atoms. The molecule has 0 saturated carbocycles. The third-order valence-corrected chi connectivity index (χ3v) is 2.77. The van der Waals surface area contributed by atoms with Gasteiger partial charge in [-0.05, 0) is 57.1 Å². The lowest BCUT2D eigenvalue weighted by Crippen LogP contribution is -2.25. The standard InChI is InChI=1S/C14H23N3O/c1-16-10-2-4-12-5-7-13(8-6-12)14(18)17-11-3-9-15/h5-8,16H,2-4,9-11,15H2,1H3,(H,17,18). The van der Waals surface area contributed by atoms with Crippen LogP contribution in [0.4, 0.5) is 0 Å². The van der Waals surface area contributed by atoms with Gasteiger partial charge in [0.2, 0.25) is 0 Å². The monoisotopic (exact) mass is 249 g/mol. The Bertz CT molecular complexity index is 349. The molecule has 0 atom stereocenters. The molecule has 4 heteroatoms. The number of benzene rings is 1. The Morgan fingerprint density at radius 3 is 2.50 bits per heavy atom. The normalized spacial score (nSPS) is 10.3. The first kappa shape index (κ1) is 14.7. The van der Waals surface area contributed by atoms with Crippen molar-refractivity contribution in [3.05, 3.63) is 35.4 Å². The van der Waals surface area contributed by atoms with Crippen molar-refractivity contribution in [1.29, 1.82) is 0 Å². The van der Waals surface area contributed by atoms with Crippen molar-refractivity contribution in [2.45, 2.75) is 19.3 Å². The van der Waals surface area contributed by atoms with E-state index >= 15 is 0 Å². The van der Waals surface area contributed by atoms with E-state index in [1.807, 2.05) is 31.3 Å². The van der Waals surface area contributed by atoms with E-state index in [0.717, 1.165) is 25.8 Å². The van der Waals surface area contributed by atoms with Gasteiger partial charge < -0.3 is 16.4 Å². The maximum absolute atomic E-state index is 11.7. The highest BCUT2D eigenvalue weighted by molar-refractivity contribution is 5.94. The van der Waals surface area contributed by atoms with Crippen LogP contribution in [0.25, 0.3) is 0 Å². The Kier molecular flexibility index (Phi) is 7.06. The largest absolute Gasteiger partial charge is 0.352 e. The first-order valence-electron chi connectivity index (χ1n) is 6.49. The fourth-order valence-corrected chi connectivity index (χ4v) is 1.70. The molecule has 0 heterocycles. The first-order valence-corrected chi connectivity index (χ1v) is 6.49. The zero-order valence-corrected chi connectivity index (χ0v) is 11.0. The van der Waals surface area contributed by atoms with Gasteiger partial charge in [0.25, 0.3) is 5.91 Å². The van der Waals surface area contributed by atoms with Crippen LogP contribution in [-0.2, 0) is 6.42 Å². The second-order valence-corrected chi connectivity index (χ2v) is 4.30. The molecule has 1 aromatic rings. The van der Waals surface area contributed by atoms with Crippen molar-refractivity contribution in [1.82, 2.24) is 10.6 Å². The number of nitrogens with one attached hydrogen (secondary N) is 2. The molecule has 0 aromatic heterocycles. The van der Waals surface area contributed by atoms with Crippen molar-refractivity contribution in [3.8, 4) is 0 Å². The van der Waals surface area contributed by atoms with Crippen LogP contribution in [0.2, 0.25) is 0 Å². The van der Waals surface area contributed by atoms with E-state index in [4.69, 9.17) is 5.73 Å². The molecule has 0 unspecified atom stereocenters. The Hall–Kier alpha value is -1.39. The average molecular weight is 249 g/mol. The smallest absolute Gasteiger partial charge is 0.251 e. The molecule has 0 aliphatic carbocycles. The topological polar surface area (TPSA) is 67.2 Å². The number of hydrogen-bond donors (Lipinski definition) is 3. The van der Waals surface area contributed by atoms with E-state index in [9.17, 15) is 4.79 Å². The van der Waals surface area contributed by atoms with Gasteiger partial charge in [-0.2, -0.15) is 0 Å². The summed E-state index contributed by atoms with van der Waals surface area (Å²) in [5, 5.41) is 5.96. The Balaban J connectivity index is 2.41. The van der Waals surface area contributed by atoms with Crippen LogP contribution in [-0.4, -0.2) is 32.6 Å². The highest BCUT2D eigenvalue weighted by Crippen LogP contribution is 2.06. The Morgan fingerprint density at radius 2 is 1.89 bits per heavy atom. The number of carbonyl (C=O) groups excluding carboxylic acids is 1. The summed E-state index contributed by atoms with van der Waals surface area (Å²) in [7, 11) is 1.95. The molecule has 0 fully saturated rings. The number of nitrogens with two attached hydrogens (primary N) is 1. The van der Waals surface area contributed by atoms with Gasteiger partial charge in [-0.3, -0.25) is 4.79 Å². The fourth-order valence-electron chi connectivity index (χ4n) is 1.70. The van der Waals surface area contributed by atoms with Crippen LogP contribution < -0.4 is 16.4 Å². The molecule has 1 rings (SSSR count). The predicted octanol–water partition coefficient (Wildman–Crippen LogP) is 0.917. The summed E-state index contributed by atoms with van der Waals surface area (Å²) >= 11 is 0. The second-order valence-electron chi connectivity index (χ2n) is 4.30. The van der Waals surface area contributed by atoms with Crippen LogP contribution in [0.5, 0.6) is 0 Å². The number of amides is 1. The molecule has 0 aliphatic heterocycles. The highest BCUT2D eigenvalue weighted by atomic mass is 16.1. The van der Waals surface area contributed by atoms with Gasteiger partial charge in [0.15, 0.2) is 0 Å². The van der Waals surface area contributed by atoms with Crippen molar-refractivity contribution in [3.63, 3.8) is 0 Å². The molecule has 100 valence electrons. The van der Waals surface area contributed by atoms with E-state index in [0.29, 0.717) is 18.7 Å². The number of aryl methyl sites for hydroxylation is 1. The lowest BCUT2D eigenvalue weighted by molar-refractivity contribution is 0.0953. The fraction of sp³-hybridized carbons (Fsp3) is 0.500. The molecule has 0 aliphatic rings. The van der Waals surface area contributed by atoms with Gasteiger partial charge in [-0.25, -0.2) is 0 Å². The zero-order chi connectivity index (χ0) is 13.2. The maximum atomic E-state index is 11.7. The second kappa shape index (κ2) is 8.66. The molecule has 0 saturated heterocycles. The van der Waals surface area contributed by atoms with Crippen molar-refractivity contribution < 1.29 is 4.79 Å². The SMILES string of the molecule is CNCCCc1ccc(C(=O)NCCCN)cc1. The Labute approximate surface area is 109 Å². The summed E-state index contributed by atoms with van der Waals surface area (Å²) in [6.07, 6.45) is 2.96. The summed E-state index contributed by atoms with van der Waals surface area (Å²) in [6, 6.07) is 7.81. The predicted molar refractivity (Wildman–Crippen MR) is 74.7 cm³/mol. The van der Waals surface area contributed by atoms with Crippen LogP contribution in [0.1, 0.15) is 28.8 Å². The Morgan fingerprint density at radius 1 is 1.17 bits per heavy atom. The van der Waals surface area contributed by atoms with Crippen molar-refractivity contribution in [2.24, 2.45) is 5.73 Å². The summed E-state index contributed by atoms with van der Waals surface area (Å²) in [5.74, 6) is -0.0229. The van der Waals surface area contributed by atoms with Crippen LogP contribution in [0.15, 0.2) is 24.3 Å². The third-order valence-electron chi connectivity index (χ3n) is 2.77. The summed E-state index contributed by atoms with van der Waals surface area (Å²) in [4.78, 5) is 11.7. The van der Waals surface area contributed by atoms with Gasteiger partial charge >= 0.3 is 0 Å². The third kappa shape index (κ3) is 5.29. The van der Waals surface area contributed by atoms with Gasteiger partial charge in [0, 0.05) is 12.1 Å². The minimum absolute atomic E-state index is 0.0229. The molecular formula is C14H23N3O. The van der Waals surface area contributed by atoms with Gasteiger partial charge in [0.05, 0.1) is 0 Å². The molecule has 0 bridgehead atoms. The average Bonchev–Trinajstić information content (AvgIpc) is 2.40. The van der Waals surface area contributed by atoms with Crippen LogP contribution in [0.3, 0.4) is 0 Å². The quantitative estimate of drug-likeness (QED) is 0.600. The van der Waals surface area contributed by atoms with Crippen molar-refractivity contribution in [2.75, 3.05) is 26.7 Å². The summed E-state index contributed by atoms with van der Waals surface area (Å²) in [6.45, 7) is 2.26. The molecule has 1 aromatic carbocycles. The highest BCUT2D eigenvalue weighted by Gasteiger charge is 2.03. The minimum atomic E-state index is -0.0229. The first-order chi connectivity index (χ1) is 8.77. The van der Waals surface area contributed by atoms with Gasteiger partial charge in [-0.15, -0.1) is 0 Å². The molecule has 18 heavy (non-hydrogen) atoms. The number of rotatable bonds is 8. The molecular weight excluding hydrogens is 226 g/mol. The summed E-state index contributed by atoms with van der Waals surface area (Å²) < 4.78 is 0. The number of hydrogen-bond acceptors (Lipinski definition) is 3. The molecule has 4 N–H and O–H groups in total. The van der Waals surface area contributed by atoms with Crippen LogP contribution >= 0.6 is 0 Å². The lowest BCUT2D eigenvalue weighted by atomic mass is 10.1. The maximum Gasteiger partial charge on any atom is 0.251 e. The summed E-state index contributed by atoms with van der Waals surface area (Å²) in [5.41, 5.74) is 7.35. The molecule has 4 nitrogen and oxygen atoms in total. The minimum Gasteiger partial charge on any atom is -0.352 e. The van der Waals surface area contributed by atoms with Crippen molar-refractivity contribution >= 4 is 5.91 Å². The molecule has 0 radical (unpaired) electrons. The van der Waals surface area contributed by atoms with E-state index in [2.05, 4.69) is 10.6 Å². The zero-order valence-electron chi connectivity index (χ0n) is 11.0. The van der Waals surface area contributed by atoms with Crippen LogP contribution in [0, 0.1) is 0 Å². The van der Waals surface area contributed by atoms with Gasteiger partial charge in [0.1, 0.15) is 0 Å². The van der Waals surface area contributed by atoms with E-state index < -0.39 is 0 Å². The van der Waals surface area contributed by atoms with E-state index in [-0.39, 0.29) is 5.91 Å². The van der Waals surface area contributed by atoms with Gasteiger partial charge in [-0.1, -0.05) is 12.1 Å². The lowest BCUT2D eigenvalue weighted by Gasteiger charge is -2.05.